The summed E-state index contributed by atoms with van der Waals surface area (Å²) in [4.78, 5) is 12.9. The van der Waals surface area contributed by atoms with Crippen LogP contribution in [0.1, 0.15) is 245 Å². The minimum Gasteiger partial charge on any atom is -0.394 e. The van der Waals surface area contributed by atoms with Crippen molar-refractivity contribution in [3.63, 3.8) is 0 Å². The van der Waals surface area contributed by atoms with Crippen molar-refractivity contribution in [1.29, 1.82) is 0 Å². The molecule has 0 aromatic rings. The molecule has 0 spiro atoms. The molecule has 1 heterocycles. The van der Waals surface area contributed by atoms with Gasteiger partial charge in [0.15, 0.2) is 6.29 Å². The highest BCUT2D eigenvalue weighted by Gasteiger charge is 2.44. The average molecular weight is 892 g/mol. The molecule has 0 aliphatic carbocycles. The number of rotatable bonds is 45. The molecule has 370 valence electrons. The summed E-state index contributed by atoms with van der Waals surface area (Å²) < 4.78 is 11.2. The Balaban J connectivity index is 1.98. The van der Waals surface area contributed by atoms with Crippen molar-refractivity contribution >= 4 is 5.91 Å². The van der Waals surface area contributed by atoms with Crippen molar-refractivity contribution in [2.45, 2.75) is 288 Å². The third-order valence-electron chi connectivity index (χ3n) is 12.7. The summed E-state index contributed by atoms with van der Waals surface area (Å²) in [5.74, 6) is -0.149. The van der Waals surface area contributed by atoms with E-state index in [0.717, 1.165) is 64.2 Å². The SMILES string of the molecule is CCCCCCC/C=C\C/C=C\C/C=C\CCCCCCCCCCCCCCCCCCCCCCC(=O)NC(COC1OC(CO)C(O)C(O)C1O)C(O)CCCCCCC. The van der Waals surface area contributed by atoms with Crippen molar-refractivity contribution in [1.82, 2.24) is 5.32 Å². The molecule has 1 amide bonds. The van der Waals surface area contributed by atoms with E-state index in [1.165, 1.54) is 154 Å². The largest absolute Gasteiger partial charge is 0.394 e. The van der Waals surface area contributed by atoms with Gasteiger partial charge in [0.05, 0.1) is 25.4 Å². The van der Waals surface area contributed by atoms with Gasteiger partial charge in [-0.15, -0.1) is 0 Å². The number of hydrogen-bond donors (Lipinski definition) is 6. The van der Waals surface area contributed by atoms with Crippen LogP contribution in [-0.4, -0.2) is 87.5 Å². The summed E-state index contributed by atoms with van der Waals surface area (Å²) >= 11 is 0. The highest BCUT2D eigenvalue weighted by Crippen LogP contribution is 2.23. The van der Waals surface area contributed by atoms with E-state index >= 15 is 0 Å². The monoisotopic (exact) mass is 892 g/mol. The van der Waals surface area contributed by atoms with Gasteiger partial charge in [0.1, 0.15) is 24.4 Å². The fourth-order valence-electron chi connectivity index (χ4n) is 8.46. The third-order valence-corrected chi connectivity index (χ3v) is 12.7. The summed E-state index contributed by atoms with van der Waals surface area (Å²) in [5, 5.41) is 53.9. The standard InChI is InChI=1S/C54H101NO8/c1-3-5-7-9-10-11-12-13-14-15-16-17-18-19-20-21-22-23-24-25-26-27-28-29-30-31-32-33-34-35-36-37-38-40-42-44-50(58)55-47(48(57)43-41-39-8-6-4-2)46-62-54-53(61)52(60)51(59)49(45-56)63-54/h12-13,15-16,18-19,47-49,51-54,56-57,59-61H,3-11,14,17,20-46H2,1-2H3,(H,55,58)/b13-12-,16-15-,19-18-. The van der Waals surface area contributed by atoms with E-state index in [1.54, 1.807) is 0 Å². The Morgan fingerprint density at radius 2 is 0.937 bits per heavy atom. The van der Waals surface area contributed by atoms with E-state index in [-0.39, 0.29) is 12.5 Å². The molecule has 7 atom stereocenters. The maximum absolute atomic E-state index is 12.9. The van der Waals surface area contributed by atoms with E-state index in [1.807, 2.05) is 0 Å². The molecule has 0 aromatic carbocycles. The van der Waals surface area contributed by atoms with E-state index in [2.05, 4.69) is 55.6 Å². The van der Waals surface area contributed by atoms with Gasteiger partial charge >= 0.3 is 0 Å². The zero-order valence-electron chi connectivity index (χ0n) is 40.8. The lowest BCUT2D eigenvalue weighted by atomic mass is 9.99. The normalized spacial score (nSPS) is 20.4. The average Bonchev–Trinajstić information content (AvgIpc) is 3.28. The van der Waals surface area contributed by atoms with Gasteiger partial charge in [-0.05, 0) is 51.4 Å². The second kappa shape index (κ2) is 44.3. The molecule has 0 radical (unpaired) electrons. The van der Waals surface area contributed by atoms with Crippen LogP contribution >= 0.6 is 0 Å². The maximum atomic E-state index is 12.9. The van der Waals surface area contributed by atoms with Gasteiger partial charge in [-0.1, -0.05) is 224 Å². The van der Waals surface area contributed by atoms with Crippen LogP contribution in [0.5, 0.6) is 0 Å². The Morgan fingerprint density at radius 1 is 0.540 bits per heavy atom. The van der Waals surface area contributed by atoms with Gasteiger partial charge in [-0.3, -0.25) is 4.79 Å². The quantitative estimate of drug-likeness (QED) is 0.0261. The lowest BCUT2D eigenvalue weighted by molar-refractivity contribution is -0.302. The molecule has 0 bridgehead atoms. The van der Waals surface area contributed by atoms with Crippen molar-refractivity contribution in [2.75, 3.05) is 13.2 Å². The van der Waals surface area contributed by atoms with Crippen molar-refractivity contribution in [3.8, 4) is 0 Å². The molecular formula is C54H101NO8. The number of allylic oxidation sites excluding steroid dienone is 6. The molecule has 7 unspecified atom stereocenters. The minimum atomic E-state index is -1.55. The fourth-order valence-corrected chi connectivity index (χ4v) is 8.46. The first-order valence-electron chi connectivity index (χ1n) is 26.7. The van der Waals surface area contributed by atoms with Gasteiger partial charge in [0.2, 0.25) is 5.91 Å². The van der Waals surface area contributed by atoms with Crippen LogP contribution in [-0.2, 0) is 14.3 Å². The van der Waals surface area contributed by atoms with E-state index in [9.17, 15) is 30.3 Å². The topological polar surface area (TPSA) is 149 Å². The fraction of sp³-hybridized carbons (Fsp3) is 0.870. The highest BCUT2D eigenvalue weighted by atomic mass is 16.7. The number of amides is 1. The van der Waals surface area contributed by atoms with Crippen molar-refractivity contribution in [3.05, 3.63) is 36.5 Å². The molecule has 9 heteroatoms. The molecule has 0 aromatic heterocycles. The molecule has 6 N–H and O–H groups in total. The third kappa shape index (κ3) is 34.4. The number of aliphatic hydroxyl groups excluding tert-OH is 5. The number of aliphatic hydroxyl groups is 5. The lowest BCUT2D eigenvalue weighted by Crippen LogP contribution is -2.60. The first-order chi connectivity index (χ1) is 30.8. The summed E-state index contributed by atoms with van der Waals surface area (Å²) in [7, 11) is 0. The molecule has 9 nitrogen and oxygen atoms in total. The van der Waals surface area contributed by atoms with E-state index < -0.39 is 49.5 Å². The first-order valence-corrected chi connectivity index (χ1v) is 26.7. The smallest absolute Gasteiger partial charge is 0.220 e. The van der Waals surface area contributed by atoms with Crippen LogP contribution < -0.4 is 5.32 Å². The molecule has 0 saturated carbocycles. The van der Waals surface area contributed by atoms with E-state index in [0.29, 0.717) is 12.8 Å². The number of carbonyl (C=O) groups is 1. The van der Waals surface area contributed by atoms with Crippen LogP contribution in [0.4, 0.5) is 0 Å². The Kier molecular flexibility index (Phi) is 41.7. The number of unbranched alkanes of at least 4 members (excludes halogenated alkanes) is 29. The Hall–Kier alpha value is -1.59. The molecule has 1 aliphatic heterocycles. The second-order valence-corrected chi connectivity index (χ2v) is 18.7. The van der Waals surface area contributed by atoms with Gasteiger partial charge in [0, 0.05) is 6.42 Å². The Morgan fingerprint density at radius 3 is 1.38 bits per heavy atom. The Bertz CT molecular complexity index is 1080. The van der Waals surface area contributed by atoms with Crippen LogP contribution in [0.15, 0.2) is 36.5 Å². The van der Waals surface area contributed by atoms with Gasteiger partial charge in [-0.25, -0.2) is 0 Å². The zero-order valence-corrected chi connectivity index (χ0v) is 40.8. The molecule has 1 aliphatic rings. The molecule has 1 fully saturated rings. The summed E-state index contributed by atoms with van der Waals surface area (Å²) in [6.07, 6.45) is 49.6. The van der Waals surface area contributed by atoms with Crippen LogP contribution in [0.2, 0.25) is 0 Å². The van der Waals surface area contributed by atoms with Crippen molar-refractivity contribution in [2.24, 2.45) is 0 Å². The molecule has 1 saturated heterocycles. The van der Waals surface area contributed by atoms with Crippen LogP contribution in [0.25, 0.3) is 0 Å². The van der Waals surface area contributed by atoms with Crippen LogP contribution in [0, 0.1) is 0 Å². The number of nitrogens with one attached hydrogen (secondary N) is 1. The van der Waals surface area contributed by atoms with Gasteiger partial charge < -0.3 is 40.3 Å². The summed E-state index contributed by atoms with van der Waals surface area (Å²) in [6.45, 7) is 3.74. The number of ether oxygens (including phenoxy) is 2. The van der Waals surface area contributed by atoms with Crippen LogP contribution in [0.3, 0.4) is 0 Å². The first kappa shape index (κ1) is 59.4. The summed E-state index contributed by atoms with van der Waals surface area (Å²) in [5.41, 5.74) is 0. The summed E-state index contributed by atoms with van der Waals surface area (Å²) in [6, 6.07) is -0.713. The molecule has 63 heavy (non-hydrogen) atoms. The number of carbonyl (C=O) groups excluding carboxylic acids is 1. The van der Waals surface area contributed by atoms with Gasteiger partial charge in [-0.2, -0.15) is 0 Å². The second-order valence-electron chi connectivity index (χ2n) is 18.7. The van der Waals surface area contributed by atoms with E-state index in [4.69, 9.17) is 9.47 Å². The lowest BCUT2D eigenvalue weighted by Gasteiger charge is -2.40. The molecular weight excluding hydrogens is 791 g/mol. The van der Waals surface area contributed by atoms with Gasteiger partial charge in [0.25, 0.3) is 0 Å². The zero-order chi connectivity index (χ0) is 45.9. The Labute approximate surface area is 387 Å². The maximum Gasteiger partial charge on any atom is 0.220 e. The number of hydrogen-bond acceptors (Lipinski definition) is 8. The minimum absolute atomic E-state index is 0.138. The molecule has 1 rings (SSSR count). The predicted octanol–water partition coefficient (Wildman–Crippen LogP) is 12.4. The predicted molar refractivity (Wildman–Crippen MR) is 263 cm³/mol. The van der Waals surface area contributed by atoms with Crippen molar-refractivity contribution < 1.29 is 39.8 Å². The highest BCUT2D eigenvalue weighted by molar-refractivity contribution is 5.76.